The van der Waals surface area contributed by atoms with E-state index in [0.29, 0.717) is 29.2 Å². The Balaban J connectivity index is 2.07. The fourth-order valence-electron chi connectivity index (χ4n) is 4.48. The predicted octanol–water partition coefficient (Wildman–Crippen LogP) is 6.18. The van der Waals surface area contributed by atoms with E-state index >= 15 is 0 Å². The summed E-state index contributed by atoms with van der Waals surface area (Å²) in [5.41, 5.74) is 3.86. The Kier molecular flexibility index (Phi) is 11.4. The number of unbranched alkanes of at least 4 members (excludes halogenated alkanes) is 1. The third-order valence-corrected chi connectivity index (χ3v) is 9.34. The number of rotatable bonds is 13. The van der Waals surface area contributed by atoms with E-state index in [1.54, 1.807) is 54.6 Å². The minimum Gasteiger partial charge on any atom is -0.354 e. The number of sulfonamides is 1. The van der Waals surface area contributed by atoms with E-state index < -0.39 is 28.5 Å². The molecule has 0 aliphatic rings. The van der Waals surface area contributed by atoms with Crippen LogP contribution in [0.5, 0.6) is 0 Å². The molecule has 220 valence electrons. The molecule has 0 bridgehead atoms. The maximum atomic E-state index is 14.2. The third kappa shape index (κ3) is 8.11. The van der Waals surface area contributed by atoms with Crippen LogP contribution in [0.15, 0.2) is 71.6 Å². The van der Waals surface area contributed by atoms with Crippen molar-refractivity contribution in [2.24, 2.45) is 0 Å². The molecule has 2 amide bonds. The van der Waals surface area contributed by atoms with E-state index in [4.69, 9.17) is 11.6 Å². The molecule has 0 aromatic heterocycles. The summed E-state index contributed by atoms with van der Waals surface area (Å²) in [6.07, 6.45) is 2.08. The molecule has 0 unspecified atom stereocenters. The smallest absolute Gasteiger partial charge is 0.264 e. The molecule has 3 rings (SSSR count). The first-order valence-corrected chi connectivity index (χ1v) is 15.8. The molecule has 0 aliphatic heterocycles. The van der Waals surface area contributed by atoms with Gasteiger partial charge in [-0.1, -0.05) is 73.8 Å². The largest absolute Gasteiger partial charge is 0.354 e. The topological polar surface area (TPSA) is 86.8 Å². The van der Waals surface area contributed by atoms with E-state index in [-0.39, 0.29) is 17.3 Å². The van der Waals surface area contributed by atoms with Crippen LogP contribution in [0.3, 0.4) is 0 Å². The number of hydrogen-bond acceptors (Lipinski definition) is 4. The van der Waals surface area contributed by atoms with Gasteiger partial charge in [0.1, 0.15) is 12.6 Å². The molecule has 0 spiro atoms. The van der Waals surface area contributed by atoms with Gasteiger partial charge >= 0.3 is 0 Å². The van der Waals surface area contributed by atoms with Crippen LogP contribution < -0.4 is 9.62 Å². The molecular weight excluding hydrogens is 558 g/mol. The second-order valence-corrected chi connectivity index (χ2v) is 12.5. The summed E-state index contributed by atoms with van der Waals surface area (Å²) in [5.74, 6) is -0.781. The first-order valence-electron chi connectivity index (χ1n) is 14.0. The number of benzene rings is 3. The maximum Gasteiger partial charge on any atom is 0.264 e. The number of halogens is 1. The minimum atomic E-state index is -4.12. The fraction of sp³-hybridized carbons (Fsp3) is 0.375. The zero-order valence-electron chi connectivity index (χ0n) is 24.5. The van der Waals surface area contributed by atoms with Crippen molar-refractivity contribution in [1.29, 1.82) is 0 Å². The SMILES string of the molecule is CCCCNC(=O)[C@@H](CC)N(Cc1ccccc1Cl)C(=O)CN(c1ccc(C)c(C)c1)S(=O)(=O)c1ccc(C)cc1. The molecule has 0 saturated heterocycles. The van der Waals surface area contributed by atoms with Crippen LogP contribution in [-0.2, 0) is 26.2 Å². The molecule has 7 nitrogen and oxygen atoms in total. The number of hydrogen-bond donors (Lipinski definition) is 1. The lowest BCUT2D eigenvalue weighted by molar-refractivity contribution is -0.140. The quantitative estimate of drug-likeness (QED) is 0.238. The number of carbonyl (C=O) groups is 2. The molecule has 9 heteroatoms. The van der Waals surface area contributed by atoms with Crippen LogP contribution in [0.4, 0.5) is 5.69 Å². The number of aryl methyl sites for hydroxylation is 3. The monoisotopic (exact) mass is 597 g/mol. The van der Waals surface area contributed by atoms with Crippen molar-refractivity contribution < 1.29 is 18.0 Å². The van der Waals surface area contributed by atoms with Gasteiger partial charge in [0.25, 0.3) is 10.0 Å². The summed E-state index contributed by atoms with van der Waals surface area (Å²) in [7, 11) is -4.12. The second kappa shape index (κ2) is 14.5. The average molecular weight is 598 g/mol. The van der Waals surface area contributed by atoms with Crippen LogP contribution in [0.1, 0.15) is 55.4 Å². The van der Waals surface area contributed by atoms with Crippen molar-refractivity contribution in [3.8, 4) is 0 Å². The third-order valence-electron chi connectivity index (χ3n) is 7.18. The Bertz CT molecular complexity index is 1460. The molecule has 0 radical (unpaired) electrons. The number of carbonyl (C=O) groups excluding carboxylic acids is 2. The maximum absolute atomic E-state index is 14.2. The summed E-state index contributed by atoms with van der Waals surface area (Å²) in [4.78, 5) is 29.0. The highest BCUT2D eigenvalue weighted by Gasteiger charge is 2.34. The summed E-state index contributed by atoms with van der Waals surface area (Å²) >= 11 is 6.46. The minimum absolute atomic E-state index is 0.0591. The standard InChI is InChI=1S/C32H40ClN3O4S/c1-6-8-19-34-32(38)30(7-2)35(21-26-11-9-10-12-29(26)33)31(37)22-36(27-16-15-24(4)25(5)20-27)41(39,40)28-17-13-23(3)14-18-28/h9-18,20,30H,6-8,19,21-22H2,1-5H3,(H,34,38)/t30-/m1/s1. The Labute approximate surface area is 249 Å². The lowest BCUT2D eigenvalue weighted by Crippen LogP contribution is -2.52. The van der Waals surface area contributed by atoms with Gasteiger partial charge in [-0.2, -0.15) is 0 Å². The highest BCUT2D eigenvalue weighted by Crippen LogP contribution is 2.27. The zero-order chi connectivity index (χ0) is 30.2. The Morgan fingerprint density at radius 1 is 0.927 bits per heavy atom. The van der Waals surface area contributed by atoms with Gasteiger partial charge in [0.2, 0.25) is 11.8 Å². The highest BCUT2D eigenvalue weighted by molar-refractivity contribution is 7.92. The number of anilines is 1. The van der Waals surface area contributed by atoms with Gasteiger partial charge in [-0.05, 0) is 80.6 Å². The van der Waals surface area contributed by atoms with Crippen molar-refractivity contribution in [2.45, 2.75) is 71.4 Å². The van der Waals surface area contributed by atoms with Gasteiger partial charge in [-0.3, -0.25) is 13.9 Å². The van der Waals surface area contributed by atoms with Crippen molar-refractivity contribution in [3.05, 3.63) is 94.0 Å². The number of amides is 2. The summed E-state index contributed by atoms with van der Waals surface area (Å²) < 4.78 is 29.2. The molecule has 0 fully saturated rings. The number of nitrogens with zero attached hydrogens (tertiary/aromatic N) is 2. The molecular formula is C32H40ClN3O4S. The van der Waals surface area contributed by atoms with Crippen LogP contribution >= 0.6 is 11.6 Å². The van der Waals surface area contributed by atoms with Crippen LogP contribution in [0.2, 0.25) is 5.02 Å². The molecule has 1 N–H and O–H groups in total. The lowest BCUT2D eigenvalue weighted by atomic mass is 10.1. The van der Waals surface area contributed by atoms with E-state index in [9.17, 15) is 18.0 Å². The van der Waals surface area contributed by atoms with Crippen molar-refractivity contribution in [1.82, 2.24) is 10.2 Å². The fourth-order valence-corrected chi connectivity index (χ4v) is 6.08. The van der Waals surface area contributed by atoms with Crippen molar-refractivity contribution >= 4 is 39.1 Å². The van der Waals surface area contributed by atoms with Gasteiger partial charge in [-0.15, -0.1) is 0 Å². The molecule has 3 aromatic carbocycles. The first-order chi connectivity index (χ1) is 19.5. The van der Waals surface area contributed by atoms with Crippen LogP contribution in [0, 0.1) is 20.8 Å². The summed E-state index contributed by atoms with van der Waals surface area (Å²) in [5, 5.41) is 3.40. The Hall–Kier alpha value is -3.36. The first kappa shape index (κ1) is 32.2. The number of nitrogens with one attached hydrogen (secondary N) is 1. The normalized spacial score (nSPS) is 12.0. The van der Waals surface area contributed by atoms with E-state index in [2.05, 4.69) is 5.32 Å². The van der Waals surface area contributed by atoms with Gasteiger partial charge in [0.05, 0.1) is 10.6 Å². The zero-order valence-corrected chi connectivity index (χ0v) is 26.1. The van der Waals surface area contributed by atoms with E-state index in [1.807, 2.05) is 46.8 Å². The molecule has 3 aromatic rings. The van der Waals surface area contributed by atoms with Gasteiger partial charge in [-0.25, -0.2) is 8.42 Å². The van der Waals surface area contributed by atoms with Gasteiger partial charge in [0.15, 0.2) is 0 Å². The van der Waals surface area contributed by atoms with Crippen LogP contribution in [-0.4, -0.2) is 44.3 Å². The van der Waals surface area contributed by atoms with Crippen LogP contribution in [0.25, 0.3) is 0 Å². The molecule has 0 heterocycles. The van der Waals surface area contributed by atoms with Crippen molar-refractivity contribution in [3.63, 3.8) is 0 Å². The Morgan fingerprint density at radius 2 is 1.61 bits per heavy atom. The van der Waals surface area contributed by atoms with Gasteiger partial charge < -0.3 is 10.2 Å². The van der Waals surface area contributed by atoms with Gasteiger partial charge in [0, 0.05) is 18.1 Å². The molecule has 0 aliphatic carbocycles. The molecule has 0 saturated carbocycles. The summed E-state index contributed by atoms with van der Waals surface area (Å²) in [6, 6.07) is 18.2. The van der Waals surface area contributed by atoms with E-state index in [0.717, 1.165) is 33.8 Å². The Morgan fingerprint density at radius 3 is 2.22 bits per heavy atom. The van der Waals surface area contributed by atoms with Crippen molar-refractivity contribution in [2.75, 3.05) is 17.4 Å². The molecule has 1 atom stereocenters. The predicted molar refractivity (Wildman–Crippen MR) is 166 cm³/mol. The van der Waals surface area contributed by atoms with E-state index in [1.165, 1.54) is 4.90 Å². The average Bonchev–Trinajstić information content (AvgIpc) is 2.94. The molecule has 41 heavy (non-hydrogen) atoms. The highest BCUT2D eigenvalue weighted by atomic mass is 35.5. The summed E-state index contributed by atoms with van der Waals surface area (Å²) in [6.45, 7) is 9.66. The second-order valence-electron chi connectivity index (χ2n) is 10.3. The lowest BCUT2D eigenvalue weighted by Gasteiger charge is -2.33.